The van der Waals surface area contributed by atoms with Gasteiger partial charge in [0, 0.05) is 25.7 Å². The maximum atomic E-state index is 13.0. The summed E-state index contributed by atoms with van der Waals surface area (Å²) in [6.45, 7) is 4.52. The number of ether oxygens (including phenoxy) is 4. The van der Waals surface area contributed by atoms with E-state index in [1.54, 1.807) is 0 Å². The summed E-state index contributed by atoms with van der Waals surface area (Å²) in [6, 6.07) is 0. The minimum absolute atomic E-state index is 0.0676. The number of rotatable bonds is 67. The van der Waals surface area contributed by atoms with Crippen LogP contribution in [-0.2, 0) is 65.4 Å². The quantitative estimate of drug-likeness (QED) is 0.0169. The van der Waals surface area contributed by atoms with Gasteiger partial charge in [-0.15, -0.1) is 0 Å². The van der Waals surface area contributed by atoms with Crippen LogP contribution in [0.2, 0.25) is 0 Å². The Hall–Kier alpha value is -4.28. The summed E-state index contributed by atoms with van der Waals surface area (Å²) in [5.74, 6) is -2.26. The van der Waals surface area contributed by atoms with Crippen LogP contribution in [0.25, 0.3) is 0 Å². The molecule has 0 amide bonds. The smallest absolute Gasteiger partial charge is 0.462 e. The van der Waals surface area contributed by atoms with Crippen molar-refractivity contribution in [3.05, 3.63) is 109 Å². The van der Waals surface area contributed by atoms with Gasteiger partial charge in [0.05, 0.1) is 26.4 Å². The molecular weight excluding hydrogens is 1230 g/mol. The second-order valence-corrected chi connectivity index (χ2v) is 26.7. The van der Waals surface area contributed by atoms with Crippen molar-refractivity contribution in [1.82, 2.24) is 0 Å². The zero-order chi connectivity index (χ0) is 69.0. The normalized spacial score (nSPS) is 14.7. The van der Waals surface area contributed by atoms with Crippen LogP contribution in [0, 0.1) is 0 Å². The van der Waals surface area contributed by atoms with E-state index in [1.807, 2.05) is 0 Å². The Bertz CT molecular complexity index is 2220. The van der Waals surface area contributed by atoms with Gasteiger partial charge in [-0.1, -0.05) is 227 Å². The molecule has 0 rings (SSSR count). The lowest BCUT2D eigenvalue weighted by atomic mass is 10.1. The number of unbranched alkanes of at least 4 members (excludes halogenated alkanes) is 23. The highest BCUT2D eigenvalue weighted by atomic mass is 31.2. The number of aliphatic hydroxyl groups is 1. The summed E-state index contributed by atoms with van der Waals surface area (Å²) in [7, 11) is -9.96. The monoisotopic (exact) mass is 1360 g/mol. The zero-order valence-electron chi connectivity index (χ0n) is 58.6. The first-order chi connectivity index (χ1) is 45.7. The maximum Gasteiger partial charge on any atom is 0.472 e. The highest BCUT2D eigenvalue weighted by Crippen LogP contribution is 2.45. The molecule has 0 aromatic carbocycles. The summed E-state index contributed by atoms with van der Waals surface area (Å²) in [5.41, 5.74) is 0. The Kier molecular flexibility index (Phi) is 64.2. The molecule has 0 aromatic rings. The summed E-state index contributed by atoms with van der Waals surface area (Å²) < 4.78 is 68.2. The van der Waals surface area contributed by atoms with Gasteiger partial charge in [0.25, 0.3) is 0 Å². The molecule has 94 heavy (non-hydrogen) atoms. The lowest BCUT2D eigenvalue weighted by Gasteiger charge is -2.21. The van der Waals surface area contributed by atoms with Crippen LogP contribution in [0.3, 0.4) is 0 Å². The number of esters is 4. The molecule has 0 aromatic heterocycles. The molecule has 0 aliphatic heterocycles. The molecular formula is C75H128O17P2. The molecule has 17 nitrogen and oxygen atoms in total. The first kappa shape index (κ1) is 89.7. The molecule has 540 valence electrons. The highest BCUT2D eigenvalue weighted by Gasteiger charge is 2.30. The summed E-state index contributed by atoms with van der Waals surface area (Å²) in [6.07, 6.45) is 69.6. The standard InChI is InChI=1S/C75H128O17P2/c1-5-9-13-17-21-25-29-32-34-37-40-43-47-51-55-59-72(77)85-65-70(91-74(79)61-57-53-49-45-39-28-24-20-16-12-8-4)67-89-93(81,82)87-63-69(76)64-88-94(83,84)90-68-71(92-75(80)62-58-54-50-46-42-36-31-27-23-19-15-11-7-3)66-86-73(78)60-56-52-48-44-41-38-35-33-30-26-22-18-14-10-6-2/h10,14-15,19-22,24-27,31-35,41,44,69-71,76H,5-9,11-13,16-18,23,28-30,36-40,42-43,45-68H2,1-4H3,(H,81,82)(H,83,84)/b14-10-,19-15-,24-20-,25-21-,26-22-,31-27-,34-32-,35-33-,44-41-. The average Bonchev–Trinajstić information content (AvgIpc) is 1.55. The van der Waals surface area contributed by atoms with Crippen LogP contribution >= 0.6 is 15.6 Å². The van der Waals surface area contributed by atoms with Gasteiger partial charge in [0.15, 0.2) is 12.2 Å². The maximum absolute atomic E-state index is 13.0. The van der Waals surface area contributed by atoms with Crippen LogP contribution in [0.5, 0.6) is 0 Å². The van der Waals surface area contributed by atoms with E-state index in [0.717, 1.165) is 173 Å². The minimum Gasteiger partial charge on any atom is -0.462 e. The molecule has 0 aliphatic carbocycles. The number of phosphoric acid groups is 2. The fourth-order valence-electron chi connectivity index (χ4n) is 9.14. The third-order valence-corrected chi connectivity index (χ3v) is 16.6. The average molecular weight is 1360 g/mol. The Balaban J connectivity index is 5.37. The van der Waals surface area contributed by atoms with Crippen molar-refractivity contribution >= 4 is 39.5 Å². The van der Waals surface area contributed by atoms with E-state index in [2.05, 4.69) is 137 Å². The number of phosphoric ester groups is 2. The molecule has 0 bridgehead atoms. The molecule has 0 radical (unpaired) electrons. The van der Waals surface area contributed by atoms with Crippen molar-refractivity contribution in [2.45, 2.75) is 303 Å². The first-order valence-corrected chi connectivity index (χ1v) is 39.1. The highest BCUT2D eigenvalue weighted by molar-refractivity contribution is 7.47. The van der Waals surface area contributed by atoms with Gasteiger partial charge in [-0.25, -0.2) is 9.13 Å². The predicted octanol–water partition coefficient (Wildman–Crippen LogP) is 20.2. The van der Waals surface area contributed by atoms with Crippen LogP contribution in [-0.4, -0.2) is 96.7 Å². The molecule has 0 aliphatic rings. The SMILES string of the molecule is CC/C=C\C/C=C\C/C=C\C/C=C\CCCCC(=O)OCC(COP(=O)(O)OCC(O)COP(=O)(O)OCC(COC(=O)CCCCCCC/C=C\C/C=C\CCCCC)OC(=O)CCCCCCC/C=C\CCCC)OC(=O)CCCCCCC/C=C\C/C=C\CCC. The van der Waals surface area contributed by atoms with Crippen LogP contribution in [0.4, 0.5) is 0 Å². The second kappa shape index (κ2) is 67.3. The Morgan fingerprint density at radius 1 is 0.309 bits per heavy atom. The van der Waals surface area contributed by atoms with E-state index in [1.165, 1.54) is 32.1 Å². The van der Waals surface area contributed by atoms with Crippen molar-refractivity contribution < 1.29 is 80.2 Å². The van der Waals surface area contributed by atoms with E-state index >= 15 is 0 Å². The van der Waals surface area contributed by atoms with Crippen LogP contribution in [0.15, 0.2) is 109 Å². The molecule has 5 atom stereocenters. The number of carbonyl (C=O) groups is 4. The number of hydrogen-bond donors (Lipinski definition) is 3. The minimum atomic E-state index is -4.98. The fraction of sp³-hybridized carbons (Fsp3) is 0.707. The van der Waals surface area contributed by atoms with Crippen molar-refractivity contribution in [1.29, 1.82) is 0 Å². The number of hydrogen-bond acceptors (Lipinski definition) is 15. The van der Waals surface area contributed by atoms with Crippen LogP contribution in [0.1, 0.15) is 285 Å². The second-order valence-electron chi connectivity index (χ2n) is 23.8. The van der Waals surface area contributed by atoms with E-state index in [4.69, 9.17) is 37.0 Å². The van der Waals surface area contributed by atoms with Gasteiger partial charge >= 0.3 is 39.5 Å². The first-order valence-electron chi connectivity index (χ1n) is 36.1. The summed E-state index contributed by atoms with van der Waals surface area (Å²) in [4.78, 5) is 72.6. The van der Waals surface area contributed by atoms with Crippen molar-refractivity contribution in [2.24, 2.45) is 0 Å². The molecule has 0 heterocycles. The van der Waals surface area contributed by atoms with Crippen LogP contribution < -0.4 is 0 Å². The van der Waals surface area contributed by atoms with Gasteiger partial charge in [-0.05, 0) is 141 Å². The van der Waals surface area contributed by atoms with Crippen molar-refractivity contribution in [3.8, 4) is 0 Å². The van der Waals surface area contributed by atoms with Gasteiger partial charge in [0.2, 0.25) is 0 Å². The lowest BCUT2D eigenvalue weighted by molar-refractivity contribution is -0.161. The van der Waals surface area contributed by atoms with Gasteiger partial charge in [0.1, 0.15) is 19.3 Å². The molecule has 0 saturated heterocycles. The van der Waals surface area contributed by atoms with E-state index in [9.17, 15) is 43.2 Å². The third-order valence-electron chi connectivity index (χ3n) is 14.7. The number of aliphatic hydroxyl groups excluding tert-OH is 1. The molecule has 0 fully saturated rings. The summed E-state index contributed by atoms with van der Waals surface area (Å²) >= 11 is 0. The molecule has 5 unspecified atom stereocenters. The molecule has 0 spiro atoms. The number of allylic oxidation sites excluding steroid dienone is 18. The lowest BCUT2D eigenvalue weighted by Crippen LogP contribution is -2.30. The third kappa shape index (κ3) is 66.3. The summed E-state index contributed by atoms with van der Waals surface area (Å²) in [5, 5.41) is 10.6. The van der Waals surface area contributed by atoms with E-state index < -0.39 is 97.5 Å². The number of carbonyl (C=O) groups excluding carboxylic acids is 4. The van der Waals surface area contributed by atoms with E-state index in [0.29, 0.717) is 25.7 Å². The molecule has 19 heteroatoms. The van der Waals surface area contributed by atoms with Gasteiger partial charge in [-0.3, -0.25) is 37.3 Å². The van der Waals surface area contributed by atoms with Crippen molar-refractivity contribution in [3.63, 3.8) is 0 Å². The topological polar surface area (TPSA) is 237 Å². The molecule has 0 saturated carbocycles. The largest absolute Gasteiger partial charge is 0.472 e. The zero-order valence-corrected chi connectivity index (χ0v) is 60.4. The van der Waals surface area contributed by atoms with E-state index in [-0.39, 0.29) is 25.7 Å². The Morgan fingerprint density at radius 2 is 0.585 bits per heavy atom. The predicted molar refractivity (Wildman–Crippen MR) is 381 cm³/mol. The molecule has 3 N–H and O–H groups in total. The Morgan fingerprint density at radius 3 is 0.957 bits per heavy atom. The van der Waals surface area contributed by atoms with Gasteiger partial charge < -0.3 is 33.8 Å². The van der Waals surface area contributed by atoms with Gasteiger partial charge in [-0.2, -0.15) is 0 Å². The Labute approximate surface area is 569 Å². The fourth-order valence-corrected chi connectivity index (χ4v) is 10.7. The van der Waals surface area contributed by atoms with Crippen molar-refractivity contribution in [2.75, 3.05) is 39.6 Å².